The van der Waals surface area contributed by atoms with Gasteiger partial charge in [0.1, 0.15) is 11.2 Å². The molecule has 0 N–H and O–H groups in total. The SMILES string of the molecule is c1ccc(-c2ccccc2N(c2ccc(-c3cc4ccccc4c4c3ccc3ccccc34)cc2)c2ccc3c(c2)oc2ccccc23)cc1. The molecule has 0 spiro atoms. The molecule has 2 nitrogen and oxygen atoms in total. The van der Waals surface area contributed by atoms with Crippen LogP contribution in [0.4, 0.5) is 17.1 Å². The molecule has 10 rings (SSSR count). The van der Waals surface area contributed by atoms with Crippen molar-refractivity contribution < 1.29 is 4.42 Å². The van der Waals surface area contributed by atoms with Crippen LogP contribution in [0.3, 0.4) is 0 Å². The predicted molar refractivity (Wildman–Crippen MR) is 212 cm³/mol. The first-order valence-corrected chi connectivity index (χ1v) is 17.1. The molecule has 0 unspecified atom stereocenters. The summed E-state index contributed by atoms with van der Waals surface area (Å²) in [5.41, 5.74) is 9.73. The Kier molecular flexibility index (Phi) is 6.53. The van der Waals surface area contributed by atoms with Crippen LogP contribution < -0.4 is 4.90 Å². The van der Waals surface area contributed by atoms with Crippen molar-refractivity contribution in [2.75, 3.05) is 4.90 Å². The second-order valence-electron chi connectivity index (χ2n) is 12.9. The molecule has 0 saturated carbocycles. The summed E-state index contributed by atoms with van der Waals surface area (Å²) in [6, 6.07) is 67.5. The molecule has 0 fully saturated rings. The lowest BCUT2D eigenvalue weighted by atomic mass is 9.90. The van der Waals surface area contributed by atoms with Gasteiger partial charge in [-0.05, 0) is 91.5 Å². The van der Waals surface area contributed by atoms with E-state index in [-0.39, 0.29) is 0 Å². The van der Waals surface area contributed by atoms with E-state index in [1.54, 1.807) is 0 Å². The van der Waals surface area contributed by atoms with Crippen molar-refractivity contribution >= 4 is 71.3 Å². The molecule has 10 aromatic rings. The minimum atomic E-state index is 0.873. The molecule has 9 aromatic carbocycles. The van der Waals surface area contributed by atoms with Gasteiger partial charge in [0, 0.05) is 33.8 Å². The Balaban J connectivity index is 1.17. The van der Waals surface area contributed by atoms with Crippen molar-refractivity contribution in [2.45, 2.75) is 0 Å². The molecule has 2 heteroatoms. The normalized spacial score (nSPS) is 11.6. The van der Waals surface area contributed by atoms with Crippen molar-refractivity contribution in [3.05, 3.63) is 188 Å². The summed E-state index contributed by atoms with van der Waals surface area (Å²) in [6.45, 7) is 0. The molecule has 0 saturated heterocycles. The van der Waals surface area contributed by atoms with E-state index in [4.69, 9.17) is 4.42 Å². The van der Waals surface area contributed by atoms with Gasteiger partial charge in [-0.15, -0.1) is 0 Å². The highest BCUT2D eigenvalue weighted by Gasteiger charge is 2.19. The number of furan rings is 1. The lowest BCUT2D eigenvalue weighted by molar-refractivity contribution is 0.669. The summed E-state index contributed by atoms with van der Waals surface area (Å²) in [5, 5.41) is 9.87. The summed E-state index contributed by atoms with van der Waals surface area (Å²) in [4.78, 5) is 2.35. The molecule has 1 heterocycles. The second-order valence-corrected chi connectivity index (χ2v) is 12.9. The van der Waals surface area contributed by atoms with Crippen molar-refractivity contribution in [3.63, 3.8) is 0 Å². The van der Waals surface area contributed by atoms with Gasteiger partial charge in [0.15, 0.2) is 0 Å². The van der Waals surface area contributed by atoms with Crippen molar-refractivity contribution in [1.82, 2.24) is 0 Å². The van der Waals surface area contributed by atoms with Crippen LogP contribution in [0.2, 0.25) is 0 Å². The molecule has 0 aliphatic carbocycles. The van der Waals surface area contributed by atoms with E-state index in [1.807, 2.05) is 12.1 Å². The van der Waals surface area contributed by atoms with Gasteiger partial charge in [0.05, 0.1) is 5.69 Å². The van der Waals surface area contributed by atoms with E-state index in [1.165, 1.54) is 49.0 Å². The maximum atomic E-state index is 6.39. The van der Waals surface area contributed by atoms with Gasteiger partial charge in [-0.25, -0.2) is 0 Å². The summed E-state index contributed by atoms with van der Waals surface area (Å²) >= 11 is 0. The van der Waals surface area contributed by atoms with Crippen molar-refractivity contribution in [1.29, 1.82) is 0 Å². The Hall–Kier alpha value is -6.64. The highest BCUT2D eigenvalue weighted by molar-refractivity contribution is 6.24. The van der Waals surface area contributed by atoms with Crippen LogP contribution in [0.25, 0.3) is 76.5 Å². The van der Waals surface area contributed by atoms with Gasteiger partial charge in [-0.1, -0.05) is 140 Å². The van der Waals surface area contributed by atoms with E-state index >= 15 is 0 Å². The molecule has 0 aliphatic rings. The van der Waals surface area contributed by atoms with Gasteiger partial charge in [-0.3, -0.25) is 0 Å². The van der Waals surface area contributed by atoms with Crippen LogP contribution >= 0.6 is 0 Å². The third kappa shape index (κ3) is 4.57. The first-order valence-electron chi connectivity index (χ1n) is 17.1. The second kappa shape index (κ2) is 11.5. The summed E-state index contributed by atoms with van der Waals surface area (Å²) < 4.78 is 6.39. The third-order valence-electron chi connectivity index (χ3n) is 10.0. The van der Waals surface area contributed by atoms with E-state index in [0.29, 0.717) is 0 Å². The Bertz CT molecular complexity index is 2850. The van der Waals surface area contributed by atoms with E-state index in [0.717, 1.165) is 44.6 Å². The van der Waals surface area contributed by atoms with Crippen LogP contribution in [0.15, 0.2) is 192 Å². The Morgan fingerprint density at radius 3 is 1.78 bits per heavy atom. The maximum Gasteiger partial charge on any atom is 0.137 e. The number of anilines is 3. The predicted octanol–water partition coefficient (Wildman–Crippen LogP) is 13.8. The fourth-order valence-electron chi connectivity index (χ4n) is 7.71. The molecule has 234 valence electrons. The van der Waals surface area contributed by atoms with Crippen LogP contribution in [-0.4, -0.2) is 0 Å². The molecule has 1 aromatic heterocycles. The topological polar surface area (TPSA) is 16.4 Å². The third-order valence-corrected chi connectivity index (χ3v) is 10.0. The number of rotatable bonds is 5. The Morgan fingerprint density at radius 2 is 0.940 bits per heavy atom. The van der Waals surface area contributed by atoms with Gasteiger partial charge in [-0.2, -0.15) is 0 Å². The molecule has 0 atom stereocenters. The first-order chi connectivity index (χ1) is 24.8. The number of hydrogen-bond acceptors (Lipinski definition) is 2. The summed E-state index contributed by atoms with van der Waals surface area (Å²) in [7, 11) is 0. The molecule has 0 radical (unpaired) electrons. The zero-order chi connectivity index (χ0) is 33.0. The molecular weight excluding hydrogens is 607 g/mol. The van der Waals surface area contributed by atoms with E-state index in [2.05, 4.69) is 181 Å². The van der Waals surface area contributed by atoms with Gasteiger partial charge in [0.25, 0.3) is 0 Å². The van der Waals surface area contributed by atoms with Gasteiger partial charge < -0.3 is 9.32 Å². The Labute approximate surface area is 290 Å². The number of fused-ring (bicyclic) bond motifs is 8. The minimum Gasteiger partial charge on any atom is -0.456 e. The fourth-order valence-corrected chi connectivity index (χ4v) is 7.71. The number of benzene rings is 9. The molecule has 0 aliphatic heterocycles. The van der Waals surface area contributed by atoms with Crippen LogP contribution in [0.5, 0.6) is 0 Å². The zero-order valence-electron chi connectivity index (χ0n) is 27.3. The number of hydrogen-bond donors (Lipinski definition) is 0. The van der Waals surface area contributed by atoms with Gasteiger partial charge >= 0.3 is 0 Å². The van der Waals surface area contributed by atoms with E-state index in [9.17, 15) is 0 Å². The Morgan fingerprint density at radius 1 is 0.340 bits per heavy atom. The highest BCUT2D eigenvalue weighted by Crippen LogP contribution is 2.44. The summed E-state index contributed by atoms with van der Waals surface area (Å²) in [5.74, 6) is 0. The summed E-state index contributed by atoms with van der Waals surface area (Å²) in [6.07, 6.45) is 0. The molecule has 0 bridgehead atoms. The lowest BCUT2D eigenvalue weighted by Crippen LogP contribution is -2.11. The van der Waals surface area contributed by atoms with E-state index < -0.39 is 0 Å². The largest absolute Gasteiger partial charge is 0.456 e. The zero-order valence-corrected chi connectivity index (χ0v) is 27.3. The van der Waals surface area contributed by atoms with Crippen LogP contribution in [0.1, 0.15) is 0 Å². The fraction of sp³-hybridized carbons (Fsp3) is 0. The highest BCUT2D eigenvalue weighted by atomic mass is 16.3. The first kappa shape index (κ1) is 28.4. The average molecular weight is 638 g/mol. The maximum absolute atomic E-state index is 6.39. The van der Waals surface area contributed by atoms with Crippen molar-refractivity contribution in [3.8, 4) is 22.3 Å². The number of para-hydroxylation sites is 2. The molecule has 50 heavy (non-hydrogen) atoms. The molecular formula is C48H31NO. The molecule has 0 amide bonds. The van der Waals surface area contributed by atoms with Crippen LogP contribution in [-0.2, 0) is 0 Å². The minimum absolute atomic E-state index is 0.873. The van der Waals surface area contributed by atoms with Crippen LogP contribution in [0, 0.1) is 0 Å². The monoisotopic (exact) mass is 637 g/mol. The standard InChI is InChI=1S/C48H31NO/c1-2-12-32(13-3-1)38-16-8-10-20-45(38)49(37-27-29-42-41-19-9-11-21-46(41)50-47(42)31-37)36-25-22-34(23-26-36)44-30-35-15-5-7-18-40(35)48-39-17-6-4-14-33(39)24-28-43(44)48/h1-31H. The average Bonchev–Trinajstić information content (AvgIpc) is 3.56. The van der Waals surface area contributed by atoms with Crippen molar-refractivity contribution in [2.24, 2.45) is 0 Å². The van der Waals surface area contributed by atoms with Gasteiger partial charge in [0.2, 0.25) is 0 Å². The quantitative estimate of drug-likeness (QED) is 0.175. The number of nitrogens with zero attached hydrogens (tertiary/aromatic N) is 1. The lowest BCUT2D eigenvalue weighted by Gasteiger charge is -2.28. The smallest absolute Gasteiger partial charge is 0.137 e.